The van der Waals surface area contributed by atoms with Gasteiger partial charge in [0.25, 0.3) is 0 Å². The van der Waals surface area contributed by atoms with E-state index in [9.17, 15) is 26.3 Å². The van der Waals surface area contributed by atoms with Gasteiger partial charge < -0.3 is 8.01 Å². The fourth-order valence-corrected chi connectivity index (χ4v) is 8.80. The van der Waals surface area contributed by atoms with Gasteiger partial charge in [-0.2, -0.15) is 35.1 Å². The largest absolute Gasteiger partial charge is 0.416 e. The first-order valence-corrected chi connectivity index (χ1v) is 15.9. The molecular formula is C34H29F8IN2. The van der Waals surface area contributed by atoms with Gasteiger partial charge in [-0.1, -0.05) is 68.5 Å². The number of likely N-dealkylation sites (N-methyl/N-ethyl adjacent to an activating group) is 1. The Labute approximate surface area is 266 Å². The average Bonchev–Trinajstić information content (AvgIpc) is 3.21. The molecule has 0 aliphatic carbocycles. The standard InChI is InChI=1S/C34H29F8IN2/c1-31(2)23-19-21(34(40,41)42)16-18-24(23)45(5)43-26(31)13-7-6-8-14-27-32(3,33(38,39)29(35)30(36)37)28-22-12-10-9-11-20(22)15-17-25(28)44(27)4/h6-19H,1-5H3/b8-6+,13-7+,27-14+. The van der Waals surface area contributed by atoms with Crippen LogP contribution in [-0.2, 0) is 17.0 Å². The fourth-order valence-electron chi connectivity index (χ4n) is 6.08. The molecule has 0 bridgehead atoms. The fraction of sp³-hybridized carbons (Fsp3) is 0.265. The second-order valence-corrected chi connectivity index (χ2v) is 14.7. The minimum absolute atomic E-state index is 0.0314. The molecular weight excluding hydrogens is 715 g/mol. The van der Waals surface area contributed by atoms with Crippen molar-refractivity contribution in [3.8, 4) is 0 Å². The van der Waals surface area contributed by atoms with Gasteiger partial charge in [-0.3, -0.25) is 0 Å². The van der Waals surface area contributed by atoms with Crippen molar-refractivity contribution >= 4 is 46.7 Å². The van der Waals surface area contributed by atoms with Gasteiger partial charge in [0.1, 0.15) is 5.41 Å². The molecule has 0 spiro atoms. The molecule has 0 aromatic heterocycles. The third kappa shape index (κ3) is 5.30. The zero-order chi connectivity index (χ0) is 33.1. The van der Waals surface area contributed by atoms with Crippen LogP contribution in [0, 0.1) is 0 Å². The topological polar surface area (TPSA) is 6.48 Å². The van der Waals surface area contributed by atoms with E-state index in [2.05, 4.69) is 0 Å². The third-order valence-corrected chi connectivity index (χ3v) is 12.0. The van der Waals surface area contributed by atoms with E-state index >= 15 is 8.78 Å². The summed E-state index contributed by atoms with van der Waals surface area (Å²) in [6, 6.07) is 13.7. The summed E-state index contributed by atoms with van der Waals surface area (Å²) in [4.78, 5) is 1.45. The molecule has 0 fully saturated rings. The first-order chi connectivity index (χ1) is 20.9. The minimum Gasteiger partial charge on any atom is -0.347 e. The van der Waals surface area contributed by atoms with E-state index in [0.29, 0.717) is 22.0 Å². The van der Waals surface area contributed by atoms with Crippen molar-refractivity contribution in [2.75, 3.05) is 22.1 Å². The van der Waals surface area contributed by atoms with Crippen LogP contribution in [0.25, 0.3) is 10.8 Å². The van der Waals surface area contributed by atoms with Crippen molar-refractivity contribution in [3.05, 3.63) is 119 Å². The van der Waals surface area contributed by atoms with Gasteiger partial charge in [0.15, 0.2) is 0 Å². The van der Waals surface area contributed by atoms with E-state index in [-0.39, 0.29) is 11.3 Å². The maximum atomic E-state index is 15.9. The van der Waals surface area contributed by atoms with Crippen LogP contribution in [0.5, 0.6) is 0 Å². The lowest BCUT2D eigenvalue weighted by Crippen LogP contribution is -2.45. The second kappa shape index (κ2) is 11.4. The Morgan fingerprint density at radius 1 is 0.822 bits per heavy atom. The summed E-state index contributed by atoms with van der Waals surface area (Å²) in [6.45, 7) is 4.78. The van der Waals surface area contributed by atoms with Crippen LogP contribution in [0.1, 0.15) is 37.5 Å². The van der Waals surface area contributed by atoms with E-state index in [1.165, 1.54) is 36.2 Å². The number of rotatable bonds is 5. The first kappa shape index (κ1) is 32.9. The first-order valence-electron chi connectivity index (χ1n) is 13.8. The lowest BCUT2D eigenvalue weighted by atomic mass is 9.73. The number of hydrogen-bond acceptors (Lipinski definition) is 2. The second-order valence-electron chi connectivity index (χ2n) is 11.6. The van der Waals surface area contributed by atoms with E-state index < -0.39 is 61.4 Å². The van der Waals surface area contributed by atoms with E-state index in [1.807, 2.05) is 24.0 Å². The van der Waals surface area contributed by atoms with Gasteiger partial charge in [-0.05, 0) is 53.6 Å². The summed E-state index contributed by atoms with van der Waals surface area (Å²) in [7, 11) is 3.35. The molecule has 0 radical (unpaired) electrons. The van der Waals surface area contributed by atoms with Crippen molar-refractivity contribution in [1.29, 1.82) is 0 Å². The molecule has 238 valence electrons. The maximum Gasteiger partial charge on any atom is 0.416 e. The molecule has 1 atom stereocenters. The summed E-state index contributed by atoms with van der Waals surface area (Å²) < 4.78 is 116. The number of halogens is 9. The molecule has 3 aromatic carbocycles. The van der Waals surface area contributed by atoms with Gasteiger partial charge >= 0.3 is 18.2 Å². The van der Waals surface area contributed by atoms with Crippen LogP contribution in [-0.4, -0.2) is 23.5 Å². The van der Waals surface area contributed by atoms with Crippen LogP contribution in [0.2, 0.25) is 0 Å². The molecule has 2 heterocycles. The summed E-state index contributed by atoms with van der Waals surface area (Å²) in [5, 5.41) is 0.988. The average molecular weight is 745 g/mol. The Kier molecular flexibility index (Phi) is 8.33. The molecule has 45 heavy (non-hydrogen) atoms. The molecule has 0 N–H and O–H groups in total. The Morgan fingerprint density at radius 2 is 1.49 bits per heavy atom. The molecule has 5 rings (SSSR count). The normalized spacial score (nSPS) is 20.9. The lowest BCUT2D eigenvalue weighted by Gasteiger charge is -2.36. The highest BCUT2D eigenvalue weighted by Crippen LogP contribution is 2.59. The number of alkyl halides is 5. The van der Waals surface area contributed by atoms with Crippen molar-refractivity contribution < 1.29 is 35.1 Å². The van der Waals surface area contributed by atoms with Crippen LogP contribution in [0.3, 0.4) is 0 Å². The number of fused-ring (bicyclic) bond motifs is 4. The highest BCUT2D eigenvalue weighted by atomic mass is 127. The molecule has 1 unspecified atom stereocenters. The Balaban J connectivity index is 1.54. The predicted octanol–water partition coefficient (Wildman–Crippen LogP) is 10.8. The van der Waals surface area contributed by atoms with Crippen LogP contribution in [0.4, 0.5) is 46.5 Å². The Morgan fingerprint density at radius 3 is 2.16 bits per heavy atom. The minimum atomic E-state index is -4.59. The quantitative estimate of drug-likeness (QED) is 0.111. The number of hydrogen-bond donors (Lipinski definition) is 0. The molecule has 2 aliphatic heterocycles. The number of allylic oxidation sites excluding steroid dienone is 7. The third-order valence-electron chi connectivity index (χ3n) is 8.57. The van der Waals surface area contributed by atoms with E-state index in [0.717, 1.165) is 22.2 Å². The number of benzene rings is 3. The van der Waals surface area contributed by atoms with Crippen molar-refractivity contribution in [2.24, 2.45) is 0 Å². The van der Waals surface area contributed by atoms with Crippen molar-refractivity contribution in [1.82, 2.24) is 0 Å². The maximum absolute atomic E-state index is 15.9. The smallest absolute Gasteiger partial charge is 0.347 e. The highest BCUT2D eigenvalue weighted by molar-refractivity contribution is 14.2. The van der Waals surface area contributed by atoms with Crippen LogP contribution < -0.4 is 8.01 Å². The van der Waals surface area contributed by atoms with Crippen LogP contribution >= 0.6 is 21.0 Å². The number of nitrogens with zero attached hydrogens (tertiary/aromatic N) is 2. The molecule has 0 saturated carbocycles. The Hall–Kier alpha value is -3.48. The molecule has 0 amide bonds. The Bertz CT molecular complexity index is 1830. The zero-order valence-electron chi connectivity index (χ0n) is 24.9. The van der Waals surface area contributed by atoms with Gasteiger partial charge in [0, 0.05) is 66.7 Å². The van der Waals surface area contributed by atoms with Gasteiger partial charge in [-0.25, -0.2) is 0 Å². The lowest BCUT2D eigenvalue weighted by molar-refractivity contribution is -0.137. The van der Waals surface area contributed by atoms with Gasteiger partial charge in [0.05, 0.1) is 5.56 Å². The van der Waals surface area contributed by atoms with Crippen LogP contribution in [0.15, 0.2) is 103 Å². The molecule has 2 nitrogen and oxygen atoms in total. The van der Waals surface area contributed by atoms with Gasteiger partial charge in [-0.15, -0.1) is 0 Å². The van der Waals surface area contributed by atoms with Crippen molar-refractivity contribution in [3.63, 3.8) is 0 Å². The molecule has 11 heteroatoms. The SMILES string of the molecule is CN1I=C(/C=C/C=C/C=C2/N(C)c3ccc4ccccc4c3C2(C)C(F)(F)C(F)=C(F)F)C(C)(C)c2cc(C(F)(F)F)ccc21. The van der Waals surface area contributed by atoms with E-state index in [1.54, 1.807) is 54.6 Å². The molecule has 0 saturated heterocycles. The zero-order valence-corrected chi connectivity index (χ0v) is 27.0. The molecule has 3 aromatic rings. The monoisotopic (exact) mass is 744 g/mol. The van der Waals surface area contributed by atoms with Gasteiger partial charge in [0.2, 0.25) is 5.83 Å². The summed E-state index contributed by atoms with van der Waals surface area (Å²) in [6.07, 6.45) is 0.274. The number of anilines is 2. The summed E-state index contributed by atoms with van der Waals surface area (Å²) in [5.41, 5.74) is -2.37. The summed E-state index contributed by atoms with van der Waals surface area (Å²) in [5.74, 6) is -7.38. The highest BCUT2D eigenvalue weighted by Gasteiger charge is 2.63. The summed E-state index contributed by atoms with van der Waals surface area (Å²) >= 11 is -0.758. The predicted molar refractivity (Wildman–Crippen MR) is 173 cm³/mol. The van der Waals surface area contributed by atoms with Crippen molar-refractivity contribution in [2.45, 2.75) is 43.7 Å². The van der Waals surface area contributed by atoms with E-state index in [4.69, 9.17) is 0 Å². The molecule has 2 aliphatic rings.